The lowest BCUT2D eigenvalue weighted by molar-refractivity contribution is 0.631. The van der Waals surface area contributed by atoms with E-state index >= 15 is 0 Å². The van der Waals surface area contributed by atoms with Crippen LogP contribution in [0.3, 0.4) is 0 Å². The van der Waals surface area contributed by atoms with Gasteiger partial charge in [0.2, 0.25) is 0 Å². The van der Waals surface area contributed by atoms with Gasteiger partial charge in [0.1, 0.15) is 12.4 Å². The third-order valence-electron chi connectivity index (χ3n) is 5.64. The second-order valence-corrected chi connectivity index (χ2v) is 8.70. The number of rotatable bonds is 4. The number of hydrogen-bond acceptors (Lipinski definition) is 4. The summed E-state index contributed by atoms with van der Waals surface area (Å²) in [7, 11) is 0. The second kappa shape index (κ2) is 8.13. The van der Waals surface area contributed by atoms with Crippen LogP contribution in [0.2, 0.25) is 10.0 Å². The minimum atomic E-state index is -0.353. The van der Waals surface area contributed by atoms with Crippen LogP contribution < -0.4 is 5.69 Å². The Morgan fingerprint density at radius 1 is 0.853 bits per heavy atom. The first-order chi connectivity index (χ1) is 16.6. The summed E-state index contributed by atoms with van der Waals surface area (Å²) in [6.07, 6.45) is 1.68. The first-order valence-corrected chi connectivity index (χ1v) is 11.3. The van der Waals surface area contributed by atoms with E-state index in [1.165, 1.54) is 9.20 Å². The zero-order chi connectivity index (χ0) is 23.2. The molecular weight excluding hydrogens is 471 g/mol. The van der Waals surface area contributed by atoms with Gasteiger partial charge in [0.15, 0.2) is 5.65 Å². The normalized spacial score (nSPS) is 11.5. The number of aromatic nitrogens is 6. The van der Waals surface area contributed by atoms with Gasteiger partial charge in [0, 0.05) is 21.2 Å². The Balaban J connectivity index is 1.55. The van der Waals surface area contributed by atoms with Crippen molar-refractivity contribution in [3.05, 3.63) is 105 Å². The number of aromatic amines is 1. The number of fused-ring (bicyclic) bond motifs is 2. The SMILES string of the molecule is O=c1n(Cc2nc3ccccc3[nH]2)nc2c(-c3ccc(Cl)cc3)c(-c3ccc(Cl)cc3)cnn12. The average Bonchev–Trinajstić information content (AvgIpc) is 3.40. The largest absolute Gasteiger partial charge is 0.367 e. The minimum Gasteiger partial charge on any atom is -0.340 e. The van der Waals surface area contributed by atoms with E-state index in [9.17, 15) is 4.79 Å². The summed E-state index contributed by atoms with van der Waals surface area (Å²) < 4.78 is 2.68. The molecule has 7 nitrogen and oxygen atoms in total. The number of H-pyrrole nitrogens is 1. The molecule has 0 spiro atoms. The van der Waals surface area contributed by atoms with Gasteiger partial charge < -0.3 is 4.98 Å². The van der Waals surface area contributed by atoms with Gasteiger partial charge >= 0.3 is 5.69 Å². The van der Waals surface area contributed by atoms with Crippen molar-refractivity contribution in [3.8, 4) is 22.3 Å². The summed E-state index contributed by atoms with van der Waals surface area (Å²) in [5, 5.41) is 10.3. The van der Waals surface area contributed by atoms with E-state index < -0.39 is 0 Å². The average molecular weight is 487 g/mol. The number of benzene rings is 3. The number of imidazole rings is 1. The molecule has 0 saturated heterocycles. The van der Waals surface area contributed by atoms with Crippen molar-refractivity contribution in [2.24, 2.45) is 0 Å². The van der Waals surface area contributed by atoms with E-state index in [1.54, 1.807) is 6.20 Å². The molecule has 0 aliphatic heterocycles. The smallest absolute Gasteiger partial charge is 0.340 e. The molecule has 3 aromatic carbocycles. The van der Waals surface area contributed by atoms with Crippen LogP contribution in [0.15, 0.2) is 83.8 Å². The number of nitrogens with zero attached hydrogens (tertiary/aromatic N) is 5. The summed E-state index contributed by atoms with van der Waals surface area (Å²) in [6.45, 7) is 0.188. The molecule has 1 N–H and O–H groups in total. The molecule has 0 radical (unpaired) electrons. The summed E-state index contributed by atoms with van der Waals surface area (Å²) in [4.78, 5) is 21.0. The van der Waals surface area contributed by atoms with Crippen molar-refractivity contribution >= 4 is 39.9 Å². The van der Waals surface area contributed by atoms with Crippen LogP contribution in [0.25, 0.3) is 38.9 Å². The van der Waals surface area contributed by atoms with E-state index in [0.717, 1.165) is 33.3 Å². The van der Waals surface area contributed by atoms with Crippen LogP contribution in [0.4, 0.5) is 0 Å². The third kappa shape index (κ3) is 3.55. The molecule has 6 rings (SSSR count). The Kier molecular flexibility index (Phi) is 4.94. The molecular formula is C25H16Cl2N6O. The summed E-state index contributed by atoms with van der Waals surface area (Å²) in [5.74, 6) is 0.637. The fourth-order valence-electron chi connectivity index (χ4n) is 4.03. The van der Waals surface area contributed by atoms with Gasteiger partial charge in [0.25, 0.3) is 0 Å². The fourth-order valence-corrected chi connectivity index (χ4v) is 4.29. The Hall–Kier alpha value is -3.94. The van der Waals surface area contributed by atoms with Crippen LogP contribution in [-0.4, -0.2) is 29.4 Å². The highest BCUT2D eigenvalue weighted by Gasteiger charge is 2.19. The molecule has 166 valence electrons. The highest BCUT2D eigenvalue weighted by molar-refractivity contribution is 6.31. The zero-order valence-electron chi connectivity index (χ0n) is 17.6. The van der Waals surface area contributed by atoms with Crippen LogP contribution in [0.5, 0.6) is 0 Å². The van der Waals surface area contributed by atoms with E-state index in [4.69, 9.17) is 23.2 Å². The molecule has 0 saturated carbocycles. The van der Waals surface area contributed by atoms with Gasteiger partial charge in [-0.15, -0.1) is 5.10 Å². The Morgan fingerprint density at radius 3 is 2.24 bits per heavy atom. The van der Waals surface area contributed by atoms with Gasteiger partial charge in [-0.05, 0) is 47.5 Å². The Morgan fingerprint density at radius 2 is 1.53 bits per heavy atom. The maximum absolute atomic E-state index is 13.2. The second-order valence-electron chi connectivity index (χ2n) is 7.82. The highest BCUT2D eigenvalue weighted by Crippen LogP contribution is 2.35. The Bertz CT molecular complexity index is 1680. The predicted octanol–water partition coefficient (Wildman–Crippen LogP) is 5.46. The predicted molar refractivity (Wildman–Crippen MR) is 133 cm³/mol. The zero-order valence-corrected chi connectivity index (χ0v) is 19.1. The van der Waals surface area contributed by atoms with Gasteiger partial charge in [-0.1, -0.05) is 59.6 Å². The Labute approximate surface area is 203 Å². The quantitative estimate of drug-likeness (QED) is 0.358. The lowest BCUT2D eigenvalue weighted by Gasteiger charge is -2.11. The summed E-state index contributed by atoms with van der Waals surface area (Å²) >= 11 is 12.2. The molecule has 34 heavy (non-hydrogen) atoms. The number of halogens is 2. The lowest BCUT2D eigenvalue weighted by Crippen LogP contribution is -2.23. The molecule has 3 aromatic heterocycles. The van der Waals surface area contributed by atoms with Crippen molar-refractivity contribution in [3.63, 3.8) is 0 Å². The molecule has 3 heterocycles. The monoisotopic (exact) mass is 486 g/mol. The maximum Gasteiger partial charge on any atom is 0.367 e. The van der Waals surface area contributed by atoms with Crippen LogP contribution in [0, 0.1) is 0 Å². The van der Waals surface area contributed by atoms with Gasteiger partial charge in [0.05, 0.1) is 17.2 Å². The number of nitrogens with one attached hydrogen (secondary N) is 1. The topological polar surface area (TPSA) is 80.9 Å². The number of hydrogen-bond donors (Lipinski definition) is 1. The first-order valence-electron chi connectivity index (χ1n) is 10.5. The van der Waals surface area contributed by atoms with Crippen molar-refractivity contribution in [1.29, 1.82) is 0 Å². The van der Waals surface area contributed by atoms with Crippen molar-refractivity contribution < 1.29 is 0 Å². The standard InChI is InChI=1S/C25H16Cl2N6O/c26-17-9-5-15(6-10-17)19-13-28-33-24(23(19)16-7-11-18(27)12-8-16)31-32(25(33)34)14-22-29-20-3-1-2-4-21(20)30-22/h1-13H,14H2,(H,29,30). The third-order valence-corrected chi connectivity index (χ3v) is 6.14. The summed E-state index contributed by atoms with van der Waals surface area (Å²) in [5.41, 5.74) is 5.19. The van der Waals surface area contributed by atoms with Crippen LogP contribution in [-0.2, 0) is 6.54 Å². The molecule has 0 unspecified atom stereocenters. The molecule has 9 heteroatoms. The van der Waals surface area contributed by atoms with Gasteiger partial charge in [-0.3, -0.25) is 0 Å². The first kappa shape index (κ1) is 20.7. The van der Waals surface area contributed by atoms with Crippen LogP contribution in [0.1, 0.15) is 5.82 Å². The van der Waals surface area contributed by atoms with E-state index in [0.29, 0.717) is 21.5 Å². The molecule has 6 aromatic rings. The fraction of sp³-hybridized carbons (Fsp3) is 0.0400. The minimum absolute atomic E-state index is 0.188. The lowest BCUT2D eigenvalue weighted by atomic mass is 9.97. The maximum atomic E-state index is 13.2. The molecule has 0 fully saturated rings. The van der Waals surface area contributed by atoms with E-state index in [2.05, 4.69) is 20.2 Å². The number of para-hydroxylation sites is 2. The molecule has 0 aliphatic rings. The molecule has 0 aliphatic carbocycles. The molecule has 0 atom stereocenters. The van der Waals surface area contributed by atoms with Crippen molar-refractivity contribution in [2.45, 2.75) is 6.54 Å². The van der Waals surface area contributed by atoms with Crippen molar-refractivity contribution in [2.75, 3.05) is 0 Å². The molecule has 0 amide bonds. The van der Waals surface area contributed by atoms with Gasteiger partial charge in [-0.2, -0.15) is 9.61 Å². The highest BCUT2D eigenvalue weighted by atomic mass is 35.5. The van der Waals surface area contributed by atoms with E-state index in [-0.39, 0.29) is 12.2 Å². The van der Waals surface area contributed by atoms with Crippen LogP contribution >= 0.6 is 23.2 Å². The van der Waals surface area contributed by atoms with E-state index in [1.807, 2.05) is 72.8 Å². The molecule has 0 bridgehead atoms. The summed E-state index contributed by atoms with van der Waals surface area (Å²) in [6, 6.07) is 22.6. The van der Waals surface area contributed by atoms with Gasteiger partial charge in [-0.25, -0.2) is 14.5 Å². The van der Waals surface area contributed by atoms with Crippen molar-refractivity contribution in [1.82, 2.24) is 29.4 Å².